The number of nitrogens with zero attached hydrogens (tertiary/aromatic N) is 5. The van der Waals surface area contributed by atoms with Gasteiger partial charge in [-0.05, 0) is 6.07 Å². The van der Waals surface area contributed by atoms with Crippen LogP contribution < -0.4 is 0 Å². The number of fused-ring (bicyclic) bond motifs is 1. The lowest BCUT2D eigenvalue weighted by molar-refractivity contribution is -0.384. The number of imidazole rings is 1. The number of nitro benzene ring substituents is 1. The third kappa shape index (κ3) is 3.03. The molecule has 0 aliphatic heterocycles. The predicted octanol–water partition coefficient (Wildman–Crippen LogP) is 2.33. The van der Waals surface area contributed by atoms with E-state index in [4.69, 9.17) is 0 Å². The van der Waals surface area contributed by atoms with Gasteiger partial charge in [0.15, 0.2) is 5.69 Å². The molecule has 0 spiro atoms. The van der Waals surface area contributed by atoms with E-state index < -0.39 is 17.4 Å². The second-order valence-electron chi connectivity index (χ2n) is 5.25. The molecule has 0 saturated carbocycles. The summed E-state index contributed by atoms with van der Waals surface area (Å²) < 4.78 is 26.4. The number of carbonyl (C=O) groups is 1. The number of hydrogen-bond acceptors (Lipinski definition) is 5. The first-order chi connectivity index (χ1) is 11.9. The van der Waals surface area contributed by atoms with Crippen molar-refractivity contribution >= 4 is 22.5 Å². The maximum absolute atomic E-state index is 12.9. The lowest BCUT2D eigenvalue weighted by atomic mass is 10.2. The van der Waals surface area contributed by atoms with Gasteiger partial charge in [-0.2, -0.15) is 13.9 Å². The lowest BCUT2D eigenvalue weighted by Gasteiger charge is -2.16. The normalized spacial score (nSPS) is 11.2. The van der Waals surface area contributed by atoms with Crippen molar-refractivity contribution in [2.24, 2.45) is 0 Å². The van der Waals surface area contributed by atoms with Crippen LogP contribution in [0.3, 0.4) is 0 Å². The van der Waals surface area contributed by atoms with Gasteiger partial charge in [-0.1, -0.05) is 0 Å². The summed E-state index contributed by atoms with van der Waals surface area (Å²) in [5, 5.41) is 17.7. The van der Waals surface area contributed by atoms with Crippen LogP contribution in [0.5, 0.6) is 0 Å². The standard InChI is InChI=1S/C14H12F2N6O3/c1-20(7-11-17-4-5-21(11)14(15)16)13(23)12-9-6-8(22(24)25)2-3-10(9)18-19-12/h2-6,14H,7H2,1H3,(H,18,19). The van der Waals surface area contributed by atoms with Gasteiger partial charge in [0.2, 0.25) is 0 Å². The molecule has 11 heteroatoms. The Morgan fingerprint density at radius 1 is 1.48 bits per heavy atom. The highest BCUT2D eigenvalue weighted by Crippen LogP contribution is 2.23. The number of amides is 1. The number of nitro groups is 1. The number of aromatic nitrogens is 4. The predicted molar refractivity (Wildman–Crippen MR) is 82.0 cm³/mol. The third-order valence-corrected chi connectivity index (χ3v) is 3.64. The molecule has 9 nitrogen and oxygen atoms in total. The van der Waals surface area contributed by atoms with E-state index in [-0.39, 0.29) is 29.1 Å². The topological polar surface area (TPSA) is 110 Å². The number of non-ortho nitro benzene ring substituents is 1. The third-order valence-electron chi connectivity index (χ3n) is 3.64. The number of aromatic amines is 1. The van der Waals surface area contributed by atoms with Gasteiger partial charge in [0.25, 0.3) is 11.6 Å². The minimum Gasteiger partial charge on any atom is -0.333 e. The van der Waals surface area contributed by atoms with Gasteiger partial charge < -0.3 is 4.90 Å². The summed E-state index contributed by atoms with van der Waals surface area (Å²) in [4.78, 5) is 27.8. The van der Waals surface area contributed by atoms with Crippen LogP contribution in [-0.2, 0) is 6.54 Å². The summed E-state index contributed by atoms with van der Waals surface area (Å²) in [7, 11) is 1.41. The summed E-state index contributed by atoms with van der Waals surface area (Å²) in [5.74, 6) is -0.563. The van der Waals surface area contributed by atoms with E-state index >= 15 is 0 Å². The highest BCUT2D eigenvalue weighted by atomic mass is 19.3. The molecule has 25 heavy (non-hydrogen) atoms. The Labute approximate surface area is 139 Å². The molecule has 3 rings (SSSR count). The number of halogens is 2. The van der Waals surface area contributed by atoms with Crippen molar-refractivity contribution in [3.05, 3.63) is 52.2 Å². The molecule has 0 radical (unpaired) electrons. The van der Waals surface area contributed by atoms with E-state index in [1.54, 1.807) is 0 Å². The van der Waals surface area contributed by atoms with E-state index in [0.717, 1.165) is 11.1 Å². The number of carbonyl (C=O) groups excluding carboxylic acids is 1. The molecule has 0 aliphatic carbocycles. The Morgan fingerprint density at radius 2 is 2.24 bits per heavy atom. The largest absolute Gasteiger partial charge is 0.333 e. The number of hydrogen-bond donors (Lipinski definition) is 1. The second-order valence-corrected chi connectivity index (χ2v) is 5.25. The van der Waals surface area contributed by atoms with Crippen molar-refractivity contribution in [1.29, 1.82) is 0 Å². The van der Waals surface area contributed by atoms with Gasteiger partial charge >= 0.3 is 6.55 Å². The minimum atomic E-state index is -2.77. The molecule has 0 fully saturated rings. The van der Waals surface area contributed by atoms with Crippen molar-refractivity contribution in [3.8, 4) is 0 Å². The number of rotatable bonds is 5. The Hall–Kier alpha value is -3.37. The highest BCUT2D eigenvalue weighted by molar-refractivity contribution is 6.05. The average Bonchev–Trinajstić information content (AvgIpc) is 3.19. The van der Waals surface area contributed by atoms with Crippen LogP contribution in [0.4, 0.5) is 14.5 Å². The van der Waals surface area contributed by atoms with E-state index in [9.17, 15) is 23.7 Å². The molecule has 2 heterocycles. The Morgan fingerprint density at radius 3 is 2.92 bits per heavy atom. The maximum atomic E-state index is 12.9. The summed E-state index contributed by atoms with van der Waals surface area (Å²) >= 11 is 0. The van der Waals surface area contributed by atoms with Crippen LogP contribution in [0.25, 0.3) is 10.9 Å². The molecule has 0 unspecified atom stereocenters. The number of alkyl halides is 2. The summed E-state index contributed by atoms with van der Waals surface area (Å²) in [5.41, 5.74) is 0.242. The first-order valence-electron chi connectivity index (χ1n) is 7.06. The van der Waals surface area contributed by atoms with Crippen LogP contribution in [0.2, 0.25) is 0 Å². The lowest BCUT2D eigenvalue weighted by Crippen LogP contribution is -2.28. The van der Waals surface area contributed by atoms with Gasteiger partial charge in [0.1, 0.15) is 5.82 Å². The highest BCUT2D eigenvalue weighted by Gasteiger charge is 2.22. The molecule has 0 saturated heterocycles. The minimum absolute atomic E-state index is 0.0108. The molecule has 1 N–H and O–H groups in total. The fourth-order valence-electron chi connectivity index (χ4n) is 2.39. The zero-order valence-electron chi connectivity index (χ0n) is 12.9. The van der Waals surface area contributed by atoms with Crippen molar-refractivity contribution in [2.75, 3.05) is 7.05 Å². The second kappa shape index (κ2) is 6.26. The van der Waals surface area contributed by atoms with Crippen LogP contribution in [0.1, 0.15) is 22.9 Å². The quantitative estimate of drug-likeness (QED) is 0.561. The summed E-state index contributed by atoms with van der Waals surface area (Å²) in [6.45, 7) is -2.94. The molecular weight excluding hydrogens is 338 g/mol. The first-order valence-corrected chi connectivity index (χ1v) is 7.06. The van der Waals surface area contributed by atoms with E-state index in [2.05, 4.69) is 15.2 Å². The van der Waals surface area contributed by atoms with E-state index in [1.807, 2.05) is 0 Å². The number of H-pyrrole nitrogens is 1. The number of benzene rings is 1. The molecule has 0 aliphatic rings. The van der Waals surface area contributed by atoms with Crippen LogP contribution in [0, 0.1) is 10.1 Å². The smallest absolute Gasteiger partial charge is 0.319 e. The zero-order valence-corrected chi connectivity index (χ0v) is 12.9. The van der Waals surface area contributed by atoms with Crippen molar-refractivity contribution in [1.82, 2.24) is 24.6 Å². The first kappa shape index (κ1) is 16.5. The molecule has 3 aromatic rings. The summed E-state index contributed by atoms with van der Waals surface area (Å²) in [6, 6.07) is 3.97. The molecule has 2 aromatic heterocycles. The Bertz CT molecular complexity index is 951. The summed E-state index contributed by atoms with van der Waals surface area (Å²) in [6.07, 6.45) is 2.33. The van der Waals surface area contributed by atoms with Crippen molar-refractivity contribution < 1.29 is 18.5 Å². The van der Waals surface area contributed by atoms with Gasteiger partial charge in [-0.15, -0.1) is 0 Å². The van der Waals surface area contributed by atoms with E-state index in [0.29, 0.717) is 10.1 Å². The fourth-order valence-corrected chi connectivity index (χ4v) is 2.39. The SMILES string of the molecule is CN(Cc1nccn1C(F)F)C(=O)c1n[nH]c2ccc([N+](=O)[O-])cc12. The Kier molecular flexibility index (Phi) is 4.13. The molecular formula is C14H12F2N6O3. The van der Waals surface area contributed by atoms with E-state index in [1.165, 1.54) is 31.4 Å². The monoisotopic (exact) mass is 350 g/mol. The van der Waals surface area contributed by atoms with Gasteiger partial charge in [0, 0.05) is 37.0 Å². The van der Waals surface area contributed by atoms with Crippen molar-refractivity contribution in [3.63, 3.8) is 0 Å². The van der Waals surface area contributed by atoms with Crippen molar-refractivity contribution in [2.45, 2.75) is 13.1 Å². The molecule has 130 valence electrons. The van der Waals surface area contributed by atoms with Gasteiger partial charge in [-0.3, -0.25) is 24.6 Å². The Balaban J connectivity index is 1.89. The van der Waals surface area contributed by atoms with Crippen LogP contribution >= 0.6 is 0 Å². The fraction of sp³-hybridized carbons (Fsp3) is 0.214. The van der Waals surface area contributed by atoms with Crippen LogP contribution in [0.15, 0.2) is 30.6 Å². The number of nitrogens with one attached hydrogen (secondary N) is 1. The van der Waals surface area contributed by atoms with Gasteiger partial charge in [0.05, 0.1) is 17.0 Å². The van der Waals surface area contributed by atoms with Crippen LogP contribution in [-0.4, -0.2) is 42.5 Å². The average molecular weight is 350 g/mol. The molecule has 1 amide bonds. The molecule has 0 bridgehead atoms. The van der Waals surface area contributed by atoms with Gasteiger partial charge in [-0.25, -0.2) is 4.98 Å². The maximum Gasteiger partial charge on any atom is 0.319 e. The molecule has 0 atom stereocenters. The molecule has 1 aromatic carbocycles. The zero-order chi connectivity index (χ0) is 18.1.